The molecule has 0 aliphatic heterocycles. The second kappa shape index (κ2) is 7.58. The van der Waals surface area contributed by atoms with E-state index in [-0.39, 0.29) is 0 Å². The zero-order chi connectivity index (χ0) is 15.1. The monoisotopic (exact) mass is 280 g/mol. The van der Waals surface area contributed by atoms with Crippen molar-refractivity contribution < 1.29 is 5.11 Å². The van der Waals surface area contributed by atoms with Gasteiger partial charge in [0.15, 0.2) is 0 Å². The van der Waals surface area contributed by atoms with Crippen LogP contribution in [0.4, 0.5) is 0 Å². The van der Waals surface area contributed by atoms with E-state index in [4.69, 9.17) is 5.26 Å². The Morgan fingerprint density at radius 2 is 1.76 bits per heavy atom. The molecular formula is C18H20N2O. The van der Waals surface area contributed by atoms with Crippen LogP contribution in [0, 0.1) is 11.3 Å². The van der Waals surface area contributed by atoms with Gasteiger partial charge in [0.25, 0.3) is 0 Å². The molecule has 3 nitrogen and oxygen atoms in total. The van der Waals surface area contributed by atoms with Crippen LogP contribution in [0.15, 0.2) is 54.6 Å². The summed E-state index contributed by atoms with van der Waals surface area (Å²) in [5.74, 6) is 0. The van der Waals surface area contributed by atoms with Crippen molar-refractivity contribution in [2.45, 2.75) is 19.6 Å². The maximum atomic E-state index is 10.3. The third kappa shape index (κ3) is 4.42. The molecular weight excluding hydrogens is 260 g/mol. The summed E-state index contributed by atoms with van der Waals surface area (Å²) in [7, 11) is 0. The number of hydrogen-bond acceptors (Lipinski definition) is 3. The molecule has 1 unspecified atom stereocenters. The van der Waals surface area contributed by atoms with E-state index in [1.54, 1.807) is 12.1 Å². The van der Waals surface area contributed by atoms with E-state index >= 15 is 0 Å². The first-order valence-electron chi connectivity index (χ1n) is 7.17. The highest BCUT2D eigenvalue weighted by atomic mass is 16.3. The van der Waals surface area contributed by atoms with Gasteiger partial charge < -0.3 is 5.11 Å². The minimum Gasteiger partial charge on any atom is -0.387 e. The molecule has 0 spiro atoms. The summed E-state index contributed by atoms with van der Waals surface area (Å²) in [4.78, 5) is 2.21. The van der Waals surface area contributed by atoms with Gasteiger partial charge in [0, 0.05) is 13.1 Å². The van der Waals surface area contributed by atoms with E-state index in [1.807, 2.05) is 30.3 Å². The van der Waals surface area contributed by atoms with Crippen LogP contribution >= 0.6 is 0 Å². The fourth-order valence-electron chi connectivity index (χ4n) is 2.28. The quantitative estimate of drug-likeness (QED) is 0.884. The fourth-order valence-corrected chi connectivity index (χ4v) is 2.28. The van der Waals surface area contributed by atoms with Gasteiger partial charge in [-0.1, -0.05) is 49.4 Å². The smallest absolute Gasteiger partial charge is 0.0991 e. The van der Waals surface area contributed by atoms with E-state index in [9.17, 15) is 5.11 Å². The predicted molar refractivity (Wildman–Crippen MR) is 83.5 cm³/mol. The van der Waals surface area contributed by atoms with Crippen molar-refractivity contribution in [3.63, 3.8) is 0 Å². The molecule has 0 saturated heterocycles. The standard InChI is InChI=1S/C18H20N2O/c1-2-20(13-16-6-4-3-5-7-16)14-18(21)17-10-8-15(12-19)9-11-17/h3-11,18,21H,2,13-14H2,1H3. The first-order chi connectivity index (χ1) is 10.2. The molecule has 0 radical (unpaired) electrons. The Kier molecular flexibility index (Phi) is 5.51. The van der Waals surface area contributed by atoms with E-state index < -0.39 is 6.10 Å². The molecule has 0 amide bonds. The van der Waals surface area contributed by atoms with Crippen LogP contribution in [0.1, 0.15) is 29.7 Å². The zero-order valence-electron chi connectivity index (χ0n) is 12.2. The minimum absolute atomic E-state index is 0.540. The van der Waals surface area contributed by atoms with Crippen LogP contribution < -0.4 is 0 Å². The number of rotatable bonds is 6. The Morgan fingerprint density at radius 3 is 2.33 bits per heavy atom. The lowest BCUT2D eigenvalue weighted by Crippen LogP contribution is -2.28. The molecule has 0 aliphatic carbocycles. The molecule has 21 heavy (non-hydrogen) atoms. The van der Waals surface area contributed by atoms with Gasteiger partial charge in [-0.2, -0.15) is 5.26 Å². The van der Waals surface area contributed by atoms with Gasteiger partial charge >= 0.3 is 0 Å². The fraction of sp³-hybridized carbons (Fsp3) is 0.278. The molecule has 0 aliphatic rings. The molecule has 1 N–H and O–H groups in total. The van der Waals surface area contributed by atoms with E-state index in [0.29, 0.717) is 12.1 Å². The lowest BCUT2D eigenvalue weighted by molar-refractivity contribution is 0.112. The van der Waals surface area contributed by atoms with Gasteiger partial charge in [0.2, 0.25) is 0 Å². The van der Waals surface area contributed by atoms with Gasteiger partial charge in [-0.15, -0.1) is 0 Å². The second-order valence-corrected chi connectivity index (χ2v) is 5.06. The summed E-state index contributed by atoms with van der Waals surface area (Å²) in [6, 6.07) is 19.5. The highest BCUT2D eigenvalue weighted by Gasteiger charge is 2.12. The van der Waals surface area contributed by atoms with Crippen LogP contribution in [0.2, 0.25) is 0 Å². The molecule has 0 saturated carbocycles. The number of benzene rings is 2. The topological polar surface area (TPSA) is 47.3 Å². The lowest BCUT2D eigenvalue weighted by atomic mass is 10.1. The molecule has 2 aromatic carbocycles. The third-order valence-corrected chi connectivity index (χ3v) is 3.55. The number of nitrogens with zero attached hydrogens (tertiary/aromatic N) is 2. The van der Waals surface area contributed by atoms with Gasteiger partial charge in [0.05, 0.1) is 17.7 Å². The van der Waals surface area contributed by atoms with Gasteiger partial charge in [0.1, 0.15) is 0 Å². The summed E-state index contributed by atoms with van der Waals surface area (Å²) in [6.07, 6.45) is -0.540. The van der Waals surface area contributed by atoms with Crippen molar-refractivity contribution in [1.82, 2.24) is 4.90 Å². The molecule has 0 fully saturated rings. The average molecular weight is 280 g/mol. The maximum absolute atomic E-state index is 10.3. The van der Waals surface area contributed by atoms with Gasteiger partial charge in [-0.25, -0.2) is 0 Å². The molecule has 2 rings (SSSR count). The Balaban J connectivity index is 1.98. The van der Waals surface area contributed by atoms with E-state index in [0.717, 1.165) is 18.7 Å². The summed E-state index contributed by atoms with van der Waals surface area (Å²) in [5.41, 5.74) is 2.70. The SMILES string of the molecule is CCN(Cc1ccccc1)CC(O)c1ccc(C#N)cc1. The maximum Gasteiger partial charge on any atom is 0.0991 e. The average Bonchev–Trinajstić information content (AvgIpc) is 2.55. The Morgan fingerprint density at radius 1 is 1.10 bits per heavy atom. The molecule has 0 aromatic heterocycles. The van der Waals surface area contributed by atoms with E-state index in [1.165, 1.54) is 5.56 Å². The van der Waals surface area contributed by atoms with Crippen LogP contribution in [-0.2, 0) is 6.54 Å². The van der Waals surface area contributed by atoms with E-state index in [2.05, 4.69) is 30.0 Å². The summed E-state index contributed by atoms with van der Waals surface area (Å²) in [5, 5.41) is 19.1. The van der Waals surface area contributed by atoms with Crippen molar-refractivity contribution in [2.75, 3.05) is 13.1 Å². The predicted octanol–water partition coefficient (Wildman–Crippen LogP) is 3.11. The van der Waals surface area contributed by atoms with Crippen molar-refractivity contribution >= 4 is 0 Å². The normalized spacial score (nSPS) is 12.1. The van der Waals surface area contributed by atoms with Crippen LogP contribution in [-0.4, -0.2) is 23.1 Å². The second-order valence-electron chi connectivity index (χ2n) is 5.06. The van der Waals surface area contributed by atoms with Crippen molar-refractivity contribution in [2.24, 2.45) is 0 Å². The first-order valence-corrected chi connectivity index (χ1v) is 7.17. The van der Waals surface area contributed by atoms with Gasteiger partial charge in [-0.3, -0.25) is 4.90 Å². The minimum atomic E-state index is -0.540. The number of hydrogen-bond donors (Lipinski definition) is 1. The first kappa shape index (κ1) is 15.2. The number of nitriles is 1. The summed E-state index contributed by atoms with van der Waals surface area (Å²) >= 11 is 0. The number of aliphatic hydroxyl groups is 1. The van der Waals surface area contributed by atoms with Crippen LogP contribution in [0.5, 0.6) is 0 Å². The number of aliphatic hydroxyl groups excluding tert-OH is 1. The van der Waals surface area contributed by atoms with Crippen LogP contribution in [0.3, 0.4) is 0 Å². The summed E-state index contributed by atoms with van der Waals surface area (Å²) < 4.78 is 0. The molecule has 3 heteroatoms. The van der Waals surface area contributed by atoms with Crippen LogP contribution in [0.25, 0.3) is 0 Å². The molecule has 0 bridgehead atoms. The Hall–Kier alpha value is -2.15. The third-order valence-electron chi connectivity index (χ3n) is 3.55. The molecule has 1 atom stereocenters. The summed E-state index contributed by atoms with van der Waals surface area (Å²) in [6.45, 7) is 4.37. The Labute approximate surface area is 126 Å². The largest absolute Gasteiger partial charge is 0.387 e. The number of likely N-dealkylation sites (N-methyl/N-ethyl adjacent to an activating group) is 1. The highest BCUT2D eigenvalue weighted by molar-refractivity contribution is 5.32. The molecule has 108 valence electrons. The highest BCUT2D eigenvalue weighted by Crippen LogP contribution is 2.16. The van der Waals surface area contributed by atoms with Crippen molar-refractivity contribution in [3.8, 4) is 6.07 Å². The molecule has 0 heterocycles. The van der Waals surface area contributed by atoms with Gasteiger partial charge in [-0.05, 0) is 29.8 Å². The van der Waals surface area contributed by atoms with Crippen molar-refractivity contribution in [3.05, 3.63) is 71.3 Å². The lowest BCUT2D eigenvalue weighted by Gasteiger charge is -2.24. The zero-order valence-corrected chi connectivity index (χ0v) is 12.2. The van der Waals surface area contributed by atoms with Crippen molar-refractivity contribution in [1.29, 1.82) is 5.26 Å². The molecule has 2 aromatic rings. The Bertz CT molecular complexity index is 587.